The SMILES string of the molecule is C[N+](C)(C)CC(O)CC(=O)[O-].O=C([O-])/C=C/C(=O)[O-].[Ca+2]. The van der Waals surface area contributed by atoms with Crippen molar-refractivity contribution in [1.82, 2.24) is 0 Å². The molecule has 0 saturated carbocycles. The van der Waals surface area contributed by atoms with Crippen molar-refractivity contribution in [3.8, 4) is 0 Å². The summed E-state index contributed by atoms with van der Waals surface area (Å²) in [5, 5.41) is 38.0. The Hall–Kier alpha value is -0.670. The Morgan fingerprint density at radius 2 is 1.40 bits per heavy atom. The van der Waals surface area contributed by atoms with Gasteiger partial charge in [0, 0.05) is 12.4 Å². The van der Waals surface area contributed by atoms with Gasteiger partial charge in [0.2, 0.25) is 0 Å². The van der Waals surface area contributed by atoms with Gasteiger partial charge in [0.1, 0.15) is 12.6 Å². The van der Waals surface area contributed by atoms with Crippen molar-refractivity contribution in [3.63, 3.8) is 0 Å². The number of hydrogen-bond donors (Lipinski definition) is 1. The molecule has 1 atom stereocenters. The van der Waals surface area contributed by atoms with Gasteiger partial charge in [-0.15, -0.1) is 0 Å². The number of carboxylic acid groups (broad SMARTS) is 3. The van der Waals surface area contributed by atoms with Crippen LogP contribution in [0.5, 0.6) is 0 Å². The van der Waals surface area contributed by atoms with Crippen LogP contribution in [0.25, 0.3) is 0 Å². The van der Waals surface area contributed by atoms with Crippen molar-refractivity contribution >= 4 is 55.6 Å². The maximum atomic E-state index is 10.0. The van der Waals surface area contributed by atoms with Crippen LogP contribution < -0.4 is 15.3 Å². The molecule has 0 fully saturated rings. The van der Waals surface area contributed by atoms with Crippen molar-refractivity contribution in [2.24, 2.45) is 0 Å². The van der Waals surface area contributed by atoms with Crippen molar-refractivity contribution in [3.05, 3.63) is 12.2 Å². The maximum Gasteiger partial charge on any atom is 2.00 e. The number of nitrogens with zero attached hydrogens (tertiary/aromatic N) is 1. The number of aliphatic hydroxyl groups excluding tert-OH is 1. The van der Waals surface area contributed by atoms with Gasteiger partial charge in [0.05, 0.1) is 33.1 Å². The predicted molar refractivity (Wildman–Crippen MR) is 63.4 cm³/mol. The maximum absolute atomic E-state index is 10.0. The van der Waals surface area contributed by atoms with Crippen molar-refractivity contribution < 1.29 is 39.3 Å². The Kier molecular flexibility index (Phi) is 14.7. The van der Waals surface area contributed by atoms with E-state index in [1.54, 1.807) is 0 Å². The average Bonchev–Trinajstić information content (AvgIpc) is 2.10. The first-order valence-corrected chi connectivity index (χ1v) is 5.22. The van der Waals surface area contributed by atoms with Crippen molar-refractivity contribution in [2.45, 2.75) is 12.5 Å². The third kappa shape index (κ3) is 26.0. The molecule has 0 aliphatic heterocycles. The molecule has 0 bridgehead atoms. The zero-order valence-corrected chi connectivity index (χ0v) is 13.9. The van der Waals surface area contributed by atoms with Crippen LogP contribution in [-0.4, -0.2) is 99.0 Å². The summed E-state index contributed by atoms with van der Waals surface area (Å²) in [4.78, 5) is 28.8. The van der Waals surface area contributed by atoms with E-state index in [1.807, 2.05) is 21.1 Å². The first-order valence-electron chi connectivity index (χ1n) is 5.22. The van der Waals surface area contributed by atoms with E-state index in [9.17, 15) is 29.7 Å². The minimum Gasteiger partial charge on any atom is -0.550 e. The molecule has 0 rings (SSSR count). The van der Waals surface area contributed by atoms with Crippen LogP contribution in [0.15, 0.2) is 12.2 Å². The molecule has 1 N–H and O–H groups in total. The molecule has 0 spiro atoms. The van der Waals surface area contributed by atoms with Gasteiger partial charge >= 0.3 is 37.7 Å². The minimum atomic E-state index is -1.55. The summed E-state index contributed by atoms with van der Waals surface area (Å²) in [6.07, 6.45) is -0.319. The standard InChI is InChI=1S/C7H15NO3.C4H4O4.Ca/c1-8(2,3)5-6(9)4-7(10)11;5-3(6)1-2-4(7)8;/h6,9H,4-5H2,1-3H3;1-2H,(H,5,6)(H,7,8);/q;;+2/p-2/b;2-1+;. The fraction of sp³-hybridized carbons (Fsp3) is 0.545. The van der Waals surface area contributed by atoms with Gasteiger partial charge in [-0.3, -0.25) is 0 Å². The summed E-state index contributed by atoms with van der Waals surface area (Å²) >= 11 is 0. The number of carboxylic acids is 3. The fourth-order valence-electron chi connectivity index (χ4n) is 1.03. The van der Waals surface area contributed by atoms with E-state index in [-0.39, 0.29) is 44.2 Å². The molecular weight excluding hydrogens is 298 g/mol. The molecule has 110 valence electrons. The van der Waals surface area contributed by atoms with Gasteiger partial charge < -0.3 is 39.3 Å². The van der Waals surface area contributed by atoms with Crippen molar-refractivity contribution in [2.75, 3.05) is 27.7 Å². The van der Waals surface area contributed by atoms with Crippen LogP contribution in [0.2, 0.25) is 0 Å². The summed E-state index contributed by atoms with van der Waals surface area (Å²) < 4.78 is 0.550. The van der Waals surface area contributed by atoms with E-state index in [0.717, 1.165) is 0 Å². The molecule has 8 nitrogen and oxygen atoms in total. The quantitative estimate of drug-likeness (QED) is 0.293. The number of hydrogen-bond acceptors (Lipinski definition) is 7. The van der Waals surface area contributed by atoms with E-state index in [2.05, 4.69) is 0 Å². The molecule has 0 aromatic carbocycles. The first-order chi connectivity index (χ1) is 8.44. The van der Waals surface area contributed by atoms with Gasteiger partial charge in [-0.1, -0.05) is 0 Å². The topological polar surface area (TPSA) is 141 Å². The largest absolute Gasteiger partial charge is 2.00 e. The van der Waals surface area contributed by atoms with E-state index in [1.165, 1.54) is 0 Å². The van der Waals surface area contributed by atoms with Crippen LogP contribution >= 0.6 is 0 Å². The number of likely N-dealkylation sites (N-methyl/N-ethyl adjacent to an activating group) is 1. The molecule has 0 heterocycles. The second kappa shape index (κ2) is 12.1. The van der Waals surface area contributed by atoms with Crippen LogP contribution in [0.3, 0.4) is 0 Å². The van der Waals surface area contributed by atoms with Gasteiger partial charge in [-0.05, 0) is 12.2 Å². The summed E-state index contributed by atoms with van der Waals surface area (Å²) in [7, 11) is 5.66. The Balaban J connectivity index is -0.000000288. The summed E-state index contributed by atoms with van der Waals surface area (Å²) in [5.74, 6) is -4.30. The number of rotatable bonds is 6. The zero-order chi connectivity index (χ0) is 15.6. The molecule has 0 aliphatic rings. The predicted octanol–water partition coefficient (Wildman–Crippen LogP) is -5.14. The second-order valence-corrected chi connectivity index (χ2v) is 4.67. The normalized spacial score (nSPS) is 11.8. The first kappa shape index (κ1) is 24.4. The third-order valence-electron chi connectivity index (χ3n) is 1.52. The number of carbonyl (C=O) groups excluding carboxylic acids is 3. The molecule has 1 unspecified atom stereocenters. The number of quaternary nitrogens is 1. The molecule has 0 amide bonds. The number of aliphatic carboxylic acids is 3. The smallest absolute Gasteiger partial charge is 0.550 e. The van der Waals surface area contributed by atoms with E-state index < -0.39 is 24.0 Å². The number of carbonyl (C=O) groups is 3. The fourth-order valence-corrected chi connectivity index (χ4v) is 1.03. The molecule has 0 saturated heterocycles. The Labute approximate surface area is 146 Å². The van der Waals surface area contributed by atoms with Gasteiger partial charge in [-0.2, -0.15) is 0 Å². The Morgan fingerprint density at radius 1 is 1.05 bits per heavy atom. The van der Waals surface area contributed by atoms with Crippen LogP contribution in [-0.2, 0) is 14.4 Å². The summed E-state index contributed by atoms with van der Waals surface area (Å²) in [6.45, 7) is 0.425. The van der Waals surface area contributed by atoms with Gasteiger partial charge in [-0.25, -0.2) is 0 Å². The van der Waals surface area contributed by atoms with E-state index >= 15 is 0 Å². The zero-order valence-electron chi connectivity index (χ0n) is 11.7. The van der Waals surface area contributed by atoms with Gasteiger partial charge in [0.25, 0.3) is 0 Å². The Bertz CT molecular complexity index is 333. The summed E-state index contributed by atoms with van der Waals surface area (Å²) in [6, 6.07) is 0. The number of aliphatic hydroxyl groups is 1. The van der Waals surface area contributed by atoms with Crippen molar-refractivity contribution in [1.29, 1.82) is 0 Å². The molecule has 0 radical (unpaired) electrons. The summed E-state index contributed by atoms with van der Waals surface area (Å²) in [5.41, 5.74) is 0. The van der Waals surface area contributed by atoms with Crippen LogP contribution in [0.4, 0.5) is 0 Å². The molecule has 0 aliphatic carbocycles. The molecule has 0 aromatic heterocycles. The second-order valence-electron chi connectivity index (χ2n) is 4.67. The average molecular weight is 315 g/mol. The van der Waals surface area contributed by atoms with E-state index in [4.69, 9.17) is 5.11 Å². The van der Waals surface area contributed by atoms with Crippen LogP contribution in [0.1, 0.15) is 6.42 Å². The minimum absolute atomic E-state index is 0. The Morgan fingerprint density at radius 3 is 1.60 bits per heavy atom. The molecule has 20 heavy (non-hydrogen) atoms. The van der Waals surface area contributed by atoms with Crippen LogP contribution in [0, 0.1) is 0 Å². The van der Waals surface area contributed by atoms with Gasteiger partial charge in [0.15, 0.2) is 0 Å². The third-order valence-corrected chi connectivity index (χ3v) is 1.52. The molecular formula is C11H17CaNO7. The monoisotopic (exact) mass is 315 g/mol. The molecule has 0 aromatic rings. The van der Waals surface area contributed by atoms with E-state index in [0.29, 0.717) is 23.2 Å². The molecule has 9 heteroatoms.